The van der Waals surface area contributed by atoms with Crippen molar-refractivity contribution in [3.63, 3.8) is 0 Å². The van der Waals surface area contributed by atoms with Crippen LogP contribution in [0, 0.1) is 17.8 Å². The molecule has 0 aromatic heterocycles. The molecule has 122 valence electrons. The monoisotopic (exact) mass is 369 g/mol. The zero-order valence-corrected chi connectivity index (χ0v) is 13.7. The van der Waals surface area contributed by atoms with Gasteiger partial charge in [0.05, 0.1) is 5.92 Å². The van der Waals surface area contributed by atoms with Gasteiger partial charge in [-0.15, -0.1) is 0 Å². The standard InChI is InChI=1S/C15H23BrF3NO/c16-13-6-4-10(5-7-13)9-20-14(21)11-2-1-3-12(8-11)15(17,18)19/h10-13H,1-9H2,(H,20,21). The van der Waals surface area contributed by atoms with E-state index < -0.39 is 18.0 Å². The highest BCUT2D eigenvalue weighted by Crippen LogP contribution is 2.40. The Hall–Kier alpha value is -0.260. The zero-order chi connectivity index (χ0) is 15.5. The zero-order valence-electron chi connectivity index (χ0n) is 12.1. The van der Waals surface area contributed by atoms with Crippen molar-refractivity contribution in [1.82, 2.24) is 5.32 Å². The summed E-state index contributed by atoms with van der Waals surface area (Å²) in [5.41, 5.74) is 0. The molecule has 2 rings (SSSR count). The van der Waals surface area contributed by atoms with Gasteiger partial charge < -0.3 is 5.32 Å². The lowest BCUT2D eigenvalue weighted by atomic mass is 9.80. The molecule has 2 aliphatic rings. The topological polar surface area (TPSA) is 29.1 Å². The van der Waals surface area contributed by atoms with Crippen LogP contribution >= 0.6 is 15.9 Å². The fraction of sp³-hybridized carbons (Fsp3) is 0.933. The average Bonchev–Trinajstić information content (AvgIpc) is 2.45. The minimum absolute atomic E-state index is 0.0382. The van der Waals surface area contributed by atoms with Gasteiger partial charge in [-0.05, 0) is 50.9 Å². The Balaban J connectivity index is 1.75. The number of carbonyl (C=O) groups excluding carboxylic acids is 1. The number of hydrogen-bond acceptors (Lipinski definition) is 1. The van der Waals surface area contributed by atoms with Crippen LogP contribution < -0.4 is 5.32 Å². The third-order valence-electron chi connectivity index (χ3n) is 4.85. The summed E-state index contributed by atoms with van der Waals surface area (Å²) in [6.07, 6.45) is 1.43. The third kappa shape index (κ3) is 5.15. The Labute approximate surface area is 132 Å². The van der Waals surface area contributed by atoms with E-state index in [2.05, 4.69) is 21.2 Å². The molecule has 0 radical (unpaired) electrons. The minimum atomic E-state index is -4.16. The first kappa shape index (κ1) is 17.1. The van der Waals surface area contributed by atoms with E-state index in [4.69, 9.17) is 0 Å². The fourth-order valence-corrected chi connectivity index (χ4v) is 3.97. The molecule has 2 atom stereocenters. The third-order valence-corrected chi connectivity index (χ3v) is 5.76. The van der Waals surface area contributed by atoms with Crippen LogP contribution in [-0.2, 0) is 4.79 Å². The minimum Gasteiger partial charge on any atom is -0.356 e. The molecule has 1 amide bonds. The molecule has 0 heterocycles. The van der Waals surface area contributed by atoms with Crippen LogP contribution in [0.25, 0.3) is 0 Å². The highest BCUT2D eigenvalue weighted by molar-refractivity contribution is 9.09. The Morgan fingerprint density at radius 1 is 1.10 bits per heavy atom. The molecule has 6 heteroatoms. The summed E-state index contributed by atoms with van der Waals surface area (Å²) in [6, 6.07) is 0. The second-order valence-electron chi connectivity index (χ2n) is 6.47. The van der Waals surface area contributed by atoms with Gasteiger partial charge in [0.25, 0.3) is 0 Å². The largest absolute Gasteiger partial charge is 0.391 e. The van der Waals surface area contributed by atoms with Crippen molar-refractivity contribution in [2.24, 2.45) is 17.8 Å². The van der Waals surface area contributed by atoms with Gasteiger partial charge >= 0.3 is 6.18 Å². The smallest absolute Gasteiger partial charge is 0.356 e. The van der Waals surface area contributed by atoms with Crippen LogP contribution in [0.4, 0.5) is 13.2 Å². The molecule has 0 saturated heterocycles. The first-order valence-electron chi connectivity index (χ1n) is 7.84. The van der Waals surface area contributed by atoms with Crippen LogP contribution in [0.5, 0.6) is 0 Å². The van der Waals surface area contributed by atoms with Gasteiger partial charge in [0.2, 0.25) is 5.91 Å². The van der Waals surface area contributed by atoms with Gasteiger partial charge in [0.1, 0.15) is 0 Å². The lowest BCUT2D eigenvalue weighted by Crippen LogP contribution is -2.39. The van der Waals surface area contributed by atoms with Crippen LogP contribution in [0.2, 0.25) is 0 Å². The maximum Gasteiger partial charge on any atom is 0.391 e. The molecule has 0 spiro atoms. The number of nitrogens with one attached hydrogen (secondary N) is 1. The molecule has 2 saturated carbocycles. The molecule has 2 aliphatic carbocycles. The van der Waals surface area contributed by atoms with Crippen LogP contribution in [0.1, 0.15) is 51.4 Å². The van der Waals surface area contributed by atoms with Gasteiger partial charge in [-0.3, -0.25) is 4.79 Å². The predicted molar refractivity (Wildman–Crippen MR) is 79.2 cm³/mol. The van der Waals surface area contributed by atoms with E-state index in [1.807, 2.05) is 0 Å². The molecular formula is C15H23BrF3NO. The van der Waals surface area contributed by atoms with Crippen molar-refractivity contribution in [3.05, 3.63) is 0 Å². The molecule has 0 aromatic rings. The van der Waals surface area contributed by atoms with E-state index in [-0.39, 0.29) is 18.7 Å². The van der Waals surface area contributed by atoms with Crippen molar-refractivity contribution >= 4 is 21.8 Å². The summed E-state index contributed by atoms with van der Waals surface area (Å²) in [5.74, 6) is -1.46. The molecule has 2 unspecified atom stereocenters. The molecule has 2 fully saturated rings. The summed E-state index contributed by atoms with van der Waals surface area (Å²) in [6.45, 7) is 0.617. The van der Waals surface area contributed by atoms with Crippen LogP contribution in [0.15, 0.2) is 0 Å². The number of carbonyl (C=O) groups is 1. The van der Waals surface area contributed by atoms with Crippen molar-refractivity contribution < 1.29 is 18.0 Å². The van der Waals surface area contributed by atoms with Gasteiger partial charge in [-0.25, -0.2) is 0 Å². The summed E-state index contributed by atoms with van der Waals surface area (Å²) in [7, 11) is 0. The molecule has 0 aromatic carbocycles. The maximum absolute atomic E-state index is 12.8. The van der Waals surface area contributed by atoms with E-state index in [0.717, 1.165) is 25.7 Å². The maximum atomic E-state index is 12.8. The Bertz CT molecular complexity index is 353. The second kappa shape index (κ2) is 7.34. The number of alkyl halides is 4. The van der Waals surface area contributed by atoms with Crippen LogP contribution in [-0.4, -0.2) is 23.5 Å². The lowest BCUT2D eigenvalue weighted by molar-refractivity contribution is -0.186. The van der Waals surface area contributed by atoms with Crippen molar-refractivity contribution in [1.29, 1.82) is 0 Å². The number of rotatable bonds is 3. The van der Waals surface area contributed by atoms with E-state index in [1.54, 1.807) is 0 Å². The first-order valence-corrected chi connectivity index (χ1v) is 8.76. The van der Waals surface area contributed by atoms with E-state index in [0.29, 0.717) is 30.1 Å². The normalized spacial score (nSPS) is 34.5. The molecule has 0 bridgehead atoms. The van der Waals surface area contributed by atoms with E-state index in [1.165, 1.54) is 0 Å². The molecule has 2 nitrogen and oxygen atoms in total. The van der Waals surface area contributed by atoms with Crippen molar-refractivity contribution in [2.75, 3.05) is 6.54 Å². The fourth-order valence-electron chi connectivity index (χ4n) is 3.44. The van der Waals surface area contributed by atoms with Gasteiger partial charge in [-0.1, -0.05) is 22.4 Å². The molecular weight excluding hydrogens is 347 g/mol. The van der Waals surface area contributed by atoms with Gasteiger partial charge in [0.15, 0.2) is 0 Å². The second-order valence-corrected chi connectivity index (χ2v) is 7.76. The van der Waals surface area contributed by atoms with Crippen molar-refractivity contribution in [2.45, 2.75) is 62.4 Å². The molecule has 1 N–H and O–H groups in total. The van der Waals surface area contributed by atoms with E-state index in [9.17, 15) is 18.0 Å². The predicted octanol–water partition coefficient (Wildman–Crippen LogP) is 4.43. The summed E-state index contributed by atoms with van der Waals surface area (Å²) in [4.78, 5) is 12.7. The Morgan fingerprint density at radius 3 is 2.38 bits per heavy atom. The highest BCUT2D eigenvalue weighted by atomic mass is 79.9. The first-order chi connectivity index (χ1) is 9.86. The van der Waals surface area contributed by atoms with E-state index >= 15 is 0 Å². The number of amides is 1. The summed E-state index contributed by atoms with van der Waals surface area (Å²) < 4.78 is 38.3. The Morgan fingerprint density at radius 2 is 1.76 bits per heavy atom. The Kier molecular flexibility index (Phi) is 5.97. The highest BCUT2D eigenvalue weighted by Gasteiger charge is 2.43. The van der Waals surface area contributed by atoms with Gasteiger partial charge in [-0.2, -0.15) is 13.2 Å². The average molecular weight is 370 g/mol. The summed E-state index contributed by atoms with van der Waals surface area (Å²) in [5, 5.41) is 2.89. The number of hydrogen-bond donors (Lipinski definition) is 1. The summed E-state index contributed by atoms with van der Waals surface area (Å²) >= 11 is 3.59. The van der Waals surface area contributed by atoms with Gasteiger partial charge in [0, 0.05) is 17.3 Å². The quantitative estimate of drug-likeness (QED) is 0.732. The molecule has 21 heavy (non-hydrogen) atoms. The lowest BCUT2D eigenvalue weighted by Gasteiger charge is -2.31. The van der Waals surface area contributed by atoms with Crippen molar-refractivity contribution in [3.8, 4) is 0 Å². The SMILES string of the molecule is O=C(NCC1CCC(Br)CC1)C1CCCC(C(F)(F)F)C1. The van der Waals surface area contributed by atoms with Crippen LogP contribution in [0.3, 0.4) is 0 Å². The number of halogens is 4. The molecule has 0 aliphatic heterocycles.